The molecule has 0 aromatic heterocycles. The third kappa shape index (κ3) is 4.63. The van der Waals surface area contributed by atoms with Crippen LogP contribution in [0.4, 0.5) is 5.69 Å². The van der Waals surface area contributed by atoms with Gasteiger partial charge in [-0.05, 0) is 56.2 Å². The predicted molar refractivity (Wildman–Crippen MR) is 85.6 cm³/mol. The van der Waals surface area contributed by atoms with Crippen LogP contribution >= 0.6 is 12.2 Å². The van der Waals surface area contributed by atoms with E-state index in [9.17, 15) is 8.42 Å². The Kier molecular flexibility index (Phi) is 5.15. The fourth-order valence-corrected chi connectivity index (χ4v) is 3.01. The van der Waals surface area contributed by atoms with Crippen LogP contribution in [0.5, 0.6) is 0 Å². The molecule has 21 heavy (non-hydrogen) atoms. The molecule has 1 aromatic carbocycles. The van der Waals surface area contributed by atoms with E-state index in [1.165, 1.54) is 12.1 Å². The van der Waals surface area contributed by atoms with Crippen LogP contribution < -0.4 is 15.8 Å². The minimum atomic E-state index is -3.67. The van der Waals surface area contributed by atoms with Crippen molar-refractivity contribution < 1.29 is 13.2 Å². The third-order valence-electron chi connectivity index (χ3n) is 3.32. The molecule has 0 radical (unpaired) electrons. The number of nitrogens with two attached hydrogens (primary N) is 1. The molecular weight excluding hydrogens is 310 g/mol. The van der Waals surface area contributed by atoms with Gasteiger partial charge in [0.1, 0.15) is 0 Å². The number of sulfonamides is 1. The maximum atomic E-state index is 11.2. The van der Waals surface area contributed by atoms with Gasteiger partial charge < -0.3 is 15.4 Å². The lowest BCUT2D eigenvalue weighted by atomic mass is 10.1. The fraction of sp³-hybridized carbons (Fsp3) is 0.462. The zero-order valence-corrected chi connectivity index (χ0v) is 13.3. The number of benzene rings is 1. The Morgan fingerprint density at radius 3 is 2.62 bits per heavy atom. The number of rotatable bonds is 4. The van der Waals surface area contributed by atoms with Crippen molar-refractivity contribution in [2.75, 3.05) is 11.9 Å². The number of thiocarbonyl (C=S) groups is 1. The topological polar surface area (TPSA) is 93.5 Å². The van der Waals surface area contributed by atoms with Gasteiger partial charge in [0.25, 0.3) is 0 Å². The quantitative estimate of drug-likeness (QED) is 0.719. The van der Waals surface area contributed by atoms with Crippen LogP contribution in [0.3, 0.4) is 0 Å². The highest BCUT2D eigenvalue weighted by atomic mass is 32.2. The van der Waals surface area contributed by atoms with Crippen LogP contribution in [0.25, 0.3) is 0 Å². The molecule has 2 rings (SSSR count). The fourth-order valence-electron chi connectivity index (χ4n) is 2.19. The van der Waals surface area contributed by atoms with Crippen molar-refractivity contribution >= 4 is 33.0 Å². The predicted octanol–water partition coefficient (Wildman–Crippen LogP) is 1.19. The van der Waals surface area contributed by atoms with Gasteiger partial charge in [-0.3, -0.25) is 0 Å². The summed E-state index contributed by atoms with van der Waals surface area (Å²) in [5.74, 6) is 0. The SMILES string of the molecule is C[C@@H](NC(=S)Nc1ccc(S(N)(=O)=O)cc1)[C@@H]1CCCO1. The molecule has 2 atom stereocenters. The van der Waals surface area contributed by atoms with E-state index in [2.05, 4.69) is 10.6 Å². The maximum Gasteiger partial charge on any atom is 0.238 e. The van der Waals surface area contributed by atoms with E-state index < -0.39 is 10.0 Å². The molecule has 0 aliphatic carbocycles. The number of hydrogen-bond acceptors (Lipinski definition) is 4. The van der Waals surface area contributed by atoms with Crippen LogP contribution in [0.15, 0.2) is 29.2 Å². The Hall–Kier alpha value is -1.22. The summed E-state index contributed by atoms with van der Waals surface area (Å²) in [7, 11) is -3.67. The molecule has 1 fully saturated rings. The average molecular weight is 329 g/mol. The molecule has 0 unspecified atom stereocenters. The lowest BCUT2D eigenvalue weighted by Gasteiger charge is -2.22. The number of anilines is 1. The number of hydrogen-bond donors (Lipinski definition) is 3. The highest BCUT2D eigenvalue weighted by Crippen LogP contribution is 2.16. The summed E-state index contributed by atoms with van der Waals surface area (Å²) >= 11 is 5.23. The standard InChI is InChI=1S/C13H19N3O3S2/c1-9(12-3-2-8-19-12)15-13(20)16-10-4-6-11(7-5-10)21(14,17)18/h4-7,9,12H,2-3,8H2,1H3,(H2,14,17,18)(H2,15,16,20)/t9-,12+/m1/s1. The summed E-state index contributed by atoms with van der Waals surface area (Å²) in [6.45, 7) is 2.82. The molecule has 1 aromatic rings. The Labute approximate surface area is 130 Å². The first-order valence-electron chi connectivity index (χ1n) is 6.68. The zero-order valence-electron chi connectivity index (χ0n) is 11.7. The van der Waals surface area contributed by atoms with Crippen molar-refractivity contribution in [3.63, 3.8) is 0 Å². The van der Waals surface area contributed by atoms with Crippen molar-refractivity contribution in [3.8, 4) is 0 Å². The van der Waals surface area contributed by atoms with E-state index in [4.69, 9.17) is 22.1 Å². The lowest BCUT2D eigenvalue weighted by Crippen LogP contribution is -2.42. The van der Waals surface area contributed by atoms with Crippen molar-refractivity contribution in [1.29, 1.82) is 0 Å². The smallest absolute Gasteiger partial charge is 0.238 e. The molecule has 0 amide bonds. The van der Waals surface area contributed by atoms with Crippen LogP contribution in [-0.2, 0) is 14.8 Å². The molecule has 1 heterocycles. The van der Waals surface area contributed by atoms with Crippen LogP contribution in [0, 0.1) is 0 Å². The van der Waals surface area contributed by atoms with E-state index in [-0.39, 0.29) is 17.0 Å². The summed E-state index contributed by atoms with van der Waals surface area (Å²) in [5.41, 5.74) is 0.694. The summed E-state index contributed by atoms with van der Waals surface area (Å²) < 4.78 is 27.9. The van der Waals surface area contributed by atoms with Crippen LogP contribution in [0.1, 0.15) is 19.8 Å². The van der Waals surface area contributed by atoms with Gasteiger partial charge in [0.15, 0.2) is 5.11 Å². The Morgan fingerprint density at radius 2 is 2.10 bits per heavy atom. The molecule has 1 saturated heterocycles. The van der Waals surface area contributed by atoms with Gasteiger partial charge in [-0.15, -0.1) is 0 Å². The first-order chi connectivity index (χ1) is 9.86. The number of ether oxygens (including phenoxy) is 1. The van der Waals surface area contributed by atoms with E-state index in [1.807, 2.05) is 6.92 Å². The highest BCUT2D eigenvalue weighted by molar-refractivity contribution is 7.89. The van der Waals surface area contributed by atoms with E-state index in [0.29, 0.717) is 10.8 Å². The number of primary sulfonamides is 1. The summed E-state index contributed by atoms with van der Waals surface area (Å²) in [6, 6.07) is 6.22. The molecule has 116 valence electrons. The average Bonchev–Trinajstić information content (AvgIpc) is 2.92. The molecular formula is C13H19N3O3S2. The first kappa shape index (κ1) is 16.2. The van der Waals surface area contributed by atoms with E-state index in [0.717, 1.165) is 19.4 Å². The summed E-state index contributed by atoms with van der Waals surface area (Å²) in [5, 5.41) is 11.7. The Bertz CT molecular complexity index is 596. The maximum absolute atomic E-state index is 11.2. The minimum absolute atomic E-state index is 0.0691. The monoisotopic (exact) mass is 329 g/mol. The largest absolute Gasteiger partial charge is 0.376 e. The van der Waals surface area contributed by atoms with Crippen molar-refractivity contribution in [2.24, 2.45) is 5.14 Å². The third-order valence-corrected chi connectivity index (χ3v) is 4.47. The van der Waals surface area contributed by atoms with Crippen LogP contribution in [0.2, 0.25) is 0 Å². The van der Waals surface area contributed by atoms with Gasteiger partial charge in [0, 0.05) is 12.3 Å². The van der Waals surface area contributed by atoms with Gasteiger partial charge in [-0.25, -0.2) is 13.6 Å². The molecule has 6 nitrogen and oxygen atoms in total. The second kappa shape index (κ2) is 6.69. The lowest BCUT2D eigenvalue weighted by molar-refractivity contribution is 0.0895. The van der Waals surface area contributed by atoms with Gasteiger partial charge in [-0.1, -0.05) is 0 Å². The molecule has 1 aliphatic rings. The molecule has 0 spiro atoms. The van der Waals surface area contributed by atoms with Crippen molar-refractivity contribution in [3.05, 3.63) is 24.3 Å². The van der Waals surface area contributed by atoms with Crippen LogP contribution in [-0.4, -0.2) is 32.3 Å². The zero-order chi connectivity index (χ0) is 15.5. The van der Waals surface area contributed by atoms with Crippen molar-refractivity contribution in [1.82, 2.24) is 5.32 Å². The van der Waals surface area contributed by atoms with E-state index >= 15 is 0 Å². The van der Waals surface area contributed by atoms with Gasteiger partial charge in [0.2, 0.25) is 10.0 Å². The molecule has 1 aliphatic heterocycles. The van der Waals surface area contributed by atoms with Gasteiger partial charge >= 0.3 is 0 Å². The summed E-state index contributed by atoms with van der Waals surface area (Å²) in [6.07, 6.45) is 2.28. The second-order valence-electron chi connectivity index (χ2n) is 5.01. The van der Waals surface area contributed by atoms with Gasteiger partial charge in [-0.2, -0.15) is 0 Å². The summed E-state index contributed by atoms with van der Waals surface area (Å²) in [4.78, 5) is 0.0691. The Balaban J connectivity index is 1.90. The molecule has 8 heteroatoms. The highest BCUT2D eigenvalue weighted by Gasteiger charge is 2.22. The van der Waals surface area contributed by atoms with E-state index in [1.54, 1.807) is 12.1 Å². The Morgan fingerprint density at radius 1 is 1.43 bits per heavy atom. The van der Waals surface area contributed by atoms with Gasteiger partial charge in [0.05, 0.1) is 17.0 Å². The minimum Gasteiger partial charge on any atom is -0.376 e. The molecule has 0 saturated carbocycles. The second-order valence-corrected chi connectivity index (χ2v) is 6.98. The number of nitrogens with one attached hydrogen (secondary N) is 2. The van der Waals surface area contributed by atoms with Crippen molar-refractivity contribution in [2.45, 2.75) is 36.8 Å². The normalized spacial score (nSPS) is 20.0. The molecule has 4 N–H and O–H groups in total. The molecule has 0 bridgehead atoms. The first-order valence-corrected chi connectivity index (χ1v) is 8.64.